The number of benzene rings is 1. The van der Waals surface area contributed by atoms with Gasteiger partial charge in [-0.1, -0.05) is 0 Å². The second-order valence-electron chi connectivity index (χ2n) is 3.35. The van der Waals surface area contributed by atoms with Gasteiger partial charge >= 0.3 is 0 Å². The fraction of sp³-hybridized carbons (Fsp3) is 0.200. The molecular weight excluding hydrogens is 376 g/mol. The predicted molar refractivity (Wildman–Crippen MR) is 82.2 cm³/mol. The molecule has 2 rings (SSSR count). The molecular formula is C10H14Cl2IN3O. The van der Waals surface area contributed by atoms with Crippen LogP contribution in [-0.4, -0.2) is 16.7 Å². The van der Waals surface area contributed by atoms with Gasteiger partial charge in [-0.05, 0) is 46.4 Å². The molecule has 0 radical (unpaired) electrons. The van der Waals surface area contributed by atoms with Crippen molar-refractivity contribution in [3.8, 4) is 0 Å². The van der Waals surface area contributed by atoms with Crippen molar-refractivity contribution in [2.45, 2.75) is 6.04 Å². The number of hydroxylamine groups is 1. The van der Waals surface area contributed by atoms with Crippen molar-refractivity contribution in [1.29, 1.82) is 0 Å². The molecule has 0 bridgehead atoms. The Kier molecular flexibility index (Phi) is 7.38. The van der Waals surface area contributed by atoms with Crippen molar-refractivity contribution < 1.29 is 5.21 Å². The lowest BCUT2D eigenvalue weighted by molar-refractivity contribution is 0.129. The first kappa shape index (κ1) is 16.9. The van der Waals surface area contributed by atoms with E-state index in [1.54, 1.807) is 0 Å². The van der Waals surface area contributed by atoms with Crippen molar-refractivity contribution in [1.82, 2.24) is 10.5 Å². The van der Waals surface area contributed by atoms with Crippen LogP contribution in [0.5, 0.6) is 0 Å². The molecule has 0 aliphatic carbocycles. The Bertz CT molecular complexity index is 474. The number of hydrogen-bond donors (Lipinski definition) is 4. The molecule has 0 fully saturated rings. The maximum atomic E-state index is 8.98. The van der Waals surface area contributed by atoms with Crippen molar-refractivity contribution >= 4 is 58.3 Å². The summed E-state index contributed by atoms with van der Waals surface area (Å²) >= 11 is 2.26. The number of aromatic nitrogens is 1. The average molecular weight is 390 g/mol. The van der Waals surface area contributed by atoms with Crippen molar-refractivity contribution in [2.24, 2.45) is 5.73 Å². The standard InChI is InChI=1S/C10H12IN3O.2ClH/c11-6-1-2-9-7(3-6)8(5-13-9)10(4-12)14-15;;/h1-3,5,10,13-15H,4,12H2;2*1H. The first-order chi connectivity index (χ1) is 7.26. The molecule has 1 aromatic heterocycles. The number of hydrogen-bond acceptors (Lipinski definition) is 3. The van der Waals surface area contributed by atoms with Gasteiger partial charge in [0.1, 0.15) is 0 Å². The van der Waals surface area contributed by atoms with Gasteiger partial charge in [-0.15, -0.1) is 24.8 Å². The summed E-state index contributed by atoms with van der Waals surface area (Å²) in [6, 6.07) is 5.90. The van der Waals surface area contributed by atoms with Crippen LogP contribution in [-0.2, 0) is 0 Å². The van der Waals surface area contributed by atoms with Gasteiger partial charge in [0.2, 0.25) is 0 Å². The SMILES string of the molecule is Cl.Cl.NCC(NO)c1c[nH]c2ccc(I)cc12. The van der Waals surface area contributed by atoms with Crippen LogP contribution >= 0.6 is 47.4 Å². The van der Waals surface area contributed by atoms with E-state index >= 15 is 0 Å². The summed E-state index contributed by atoms with van der Waals surface area (Å²) in [5, 5.41) is 10.1. The predicted octanol–water partition coefficient (Wildman–Crippen LogP) is 2.59. The van der Waals surface area contributed by atoms with Crippen LogP contribution in [0.25, 0.3) is 10.9 Å². The Morgan fingerprint density at radius 3 is 2.71 bits per heavy atom. The minimum atomic E-state index is -0.225. The fourth-order valence-electron chi connectivity index (χ4n) is 1.65. The fourth-order valence-corrected chi connectivity index (χ4v) is 2.14. The lowest BCUT2D eigenvalue weighted by Gasteiger charge is -2.11. The Hall–Kier alpha value is -0.0500. The highest BCUT2D eigenvalue weighted by Crippen LogP contribution is 2.25. The van der Waals surface area contributed by atoms with Gasteiger partial charge in [0, 0.05) is 27.2 Å². The summed E-state index contributed by atoms with van der Waals surface area (Å²) in [4.78, 5) is 3.15. The van der Waals surface area contributed by atoms with E-state index in [0.717, 1.165) is 20.0 Å². The van der Waals surface area contributed by atoms with Crippen molar-refractivity contribution in [2.75, 3.05) is 6.54 Å². The molecule has 0 saturated heterocycles. The van der Waals surface area contributed by atoms with Crippen molar-refractivity contribution in [3.63, 3.8) is 0 Å². The molecule has 0 saturated carbocycles. The third kappa shape index (κ3) is 3.46. The highest BCUT2D eigenvalue weighted by atomic mass is 127. The number of halogens is 3. The van der Waals surface area contributed by atoms with Gasteiger partial charge in [-0.2, -0.15) is 5.48 Å². The third-order valence-corrected chi connectivity index (χ3v) is 3.11. The molecule has 7 heteroatoms. The van der Waals surface area contributed by atoms with Gasteiger partial charge < -0.3 is 15.9 Å². The minimum absolute atomic E-state index is 0. The van der Waals surface area contributed by atoms with Crippen LogP contribution in [0.2, 0.25) is 0 Å². The molecule has 0 aliphatic rings. The Morgan fingerprint density at radius 2 is 2.12 bits per heavy atom. The topological polar surface area (TPSA) is 74.1 Å². The Labute approximate surface area is 125 Å². The number of aromatic amines is 1. The smallest absolute Gasteiger partial charge is 0.0712 e. The van der Waals surface area contributed by atoms with Crippen LogP contribution in [0, 0.1) is 3.57 Å². The number of nitrogens with one attached hydrogen (secondary N) is 2. The third-order valence-electron chi connectivity index (χ3n) is 2.44. The van der Waals surface area contributed by atoms with E-state index in [1.807, 2.05) is 18.3 Å². The normalized spacial score (nSPS) is 11.7. The highest BCUT2D eigenvalue weighted by molar-refractivity contribution is 14.1. The van der Waals surface area contributed by atoms with E-state index < -0.39 is 0 Å². The van der Waals surface area contributed by atoms with E-state index in [1.165, 1.54) is 0 Å². The highest BCUT2D eigenvalue weighted by Gasteiger charge is 2.13. The first-order valence-corrected chi connectivity index (χ1v) is 5.70. The molecule has 5 N–H and O–H groups in total. The minimum Gasteiger partial charge on any atom is -0.361 e. The molecule has 1 aromatic carbocycles. The van der Waals surface area contributed by atoms with Gasteiger partial charge in [-0.3, -0.25) is 0 Å². The zero-order valence-electron chi connectivity index (χ0n) is 8.81. The largest absolute Gasteiger partial charge is 0.361 e. The maximum Gasteiger partial charge on any atom is 0.0712 e. The molecule has 0 amide bonds. The van der Waals surface area contributed by atoms with Crippen LogP contribution in [0.4, 0.5) is 0 Å². The number of nitrogens with two attached hydrogens (primary N) is 1. The molecule has 17 heavy (non-hydrogen) atoms. The van der Waals surface area contributed by atoms with Crippen molar-refractivity contribution in [3.05, 3.63) is 33.5 Å². The summed E-state index contributed by atoms with van der Waals surface area (Å²) in [6.07, 6.45) is 1.88. The molecule has 1 unspecified atom stereocenters. The first-order valence-electron chi connectivity index (χ1n) is 4.62. The second-order valence-corrected chi connectivity index (χ2v) is 4.60. The molecule has 2 aromatic rings. The second kappa shape index (κ2) is 7.40. The molecule has 4 nitrogen and oxygen atoms in total. The quantitative estimate of drug-likeness (QED) is 0.481. The molecule has 0 spiro atoms. The average Bonchev–Trinajstić information content (AvgIpc) is 2.64. The monoisotopic (exact) mass is 389 g/mol. The number of rotatable bonds is 3. The Morgan fingerprint density at radius 1 is 1.41 bits per heavy atom. The lowest BCUT2D eigenvalue weighted by Crippen LogP contribution is -2.25. The number of fused-ring (bicyclic) bond motifs is 1. The van der Waals surface area contributed by atoms with E-state index in [2.05, 4.69) is 39.1 Å². The van der Waals surface area contributed by atoms with E-state index in [9.17, 15) is 0 Å². The van der Waals surface area contributed by atoms with Crippen LogP contribution in [0.15, 0.2) is 24.4 Å². The zero-order chi connectivity index (χ0) is 10.8. The Balaban J connectivity index is 0.00000128. The summed E-state index contributed by atoms with van der Waals surface area (Å²) in [5.74, 6) is 0. The van der Waals surface area contributed by atoms with E-state index in [4.69, 9.17) is 10.9 Å². The van der Waals surface area contributed by atoms with Gasteiger partial charge in [0.05, 0.1) is 6.04 Å². The maximum absolute atomic E-state index is 8.98. The van der Waals surface area contributed by atoms with Gasteiger partial charge in [-0.25, -0.2) is 0 Å². The van der Waals surface area contributed by atoms with E-state index in [-0.39, 0.29) is 30.9 Å². The van der Waals surface area contributed by atoms with Gasteiger partial charge in [0.15, 0.2) is 0 Å². The summed E-state index contributed by atoms with van der Waals surface area (Å²) < 4.78 is 1.16. The molecule has 0 aliphatic heterocycles. The van der Waals surface area contributed by atoms with Gasteiger partial charge in [0.25, 0.3) is 0 Å². The van der Waals surface area contributed by atoms with Crippen LogP contribution < -0.4 is 11.2 Å². The zero-order valence-corrected chi connectivity index (χ0v) is 12.6. The van der Waals surface area contributed by atoms with Crippen LogP contribution in [0.3, 0.4) is 0 Å². The summed E-state index contributed by atoms with van der Waals surface area (Å²) in [6.45, 7) is 0.356. The lowest BCUT2D eigenvalue weighted by atomic mass is 10.1. The summed E-state index contributed by atoms with van der Waals surface area (Å²) in [7, 11) is 0. The summed E-state index contributed by atoms with van der Waals surface area (Å²) in [5.41, 5.74) is 9.83. The number of H-pyrrole nitrogens is 1. The molecule has 1 heterocycles. The molecule has 96 valence electrons. The van der Waals surface area contributed by atoms with E-state index in [0.29, 0.717) is 6.54 Å². The molecule has 1 atom stereocenters. The van der Waals surface area contributed by atoms with Crippen LogP contribution in [0.1, 0.15) is 11.6 Å².